The predicted octanol–water partition coefficient (Wildman–Crippen LogP) is 5.66. The number of nitrogens with one attached hydrogen (secondary N) is 2. The average molecular weight is 488 g/mol. The molecule has 0 heterocycles. The molecule has 0 saturated heterocycles. The number of amides is 2. The number of nitrogens with zero attached hydrogens (tertiary/aromatic N) is 1. The highest BCUT2D eigenvalue weighted by Gasteiger charge is 2.23. The van der Waals surface area contributed by atoms with Crippen LogP contribution in [0.1, 0.15) is 76.1 Å². The molecule has 0 fully saturated rings. The lowest BCUT2D eigenvalue weighted by molar-refractivity contribution is -0.116. The minimum Gasteiger partial charge on any atom is -0.326 e. The van der Waals surface area contributed by atoms with E-state index in [-0.39, 0.29) is 16.7 Å². The maximum atomic E-state index is 13.1. The molecule has 0 bridgehead atoms. The first kappa shape index (κ1) is 27.5. The van der Waals surface area contributed by atoms with Gasteiger partial charge in [0.05, 0.1) is 4.90 Å². The van der Waals surface area contributed by atoms with Gasteiger partial charge in [-0.15, -0.1) is 0 Å². The maximum absolute atomic E-state index is 13.1. The van der Waals surface area contributed by atoms with E-state index in [9.17, 15) is 18.0 Å². The van der Waals surface area contributed by atoms with Gasteiger partial charge < -0.3 is 10.6 Å². The third kappa shape index (κ3) is 8.25. The van der Waals surface area contributed by atoms with E-state index in [4.69, 9.17) is 0 Å². The van der Waals surface area contributed by atoms with Crippen LogP contribution in [0.5, 0.6) is 0 Å². The number of sulfonamides is 1. The Hall–Kier alpha value is -2.71. The third-order valence-electron chi connectivity index (χ3n) is 5.46. The van der Waals surface area contributed by atoms with Crippen molar-refractivity contribution < 1.29 is 18.0 Å². The number of hydrogen-bond donors (Lipinski definition) is 2. The van der Waals surface area contributed by atoms with E-state index >= 15 is 0 Å². The van der Waals surface area contributed by atoms with Crippen molar-refractivity contribution in [2.45, 2.75) is 70.6 Å². The maximum Gasteiger partial charge on any atom is 0.255 e. The van der Waals surface area contributed by atoms with Gasteiger partial charge in [-0.25, -0.2) is 8.42 Å². The number of carbonyl (C=O) groups is 2. The second-order valence-electron chi connectivity index (χ2n) is 8.32. The highest BCUT2D eigenvalue weighted by Crippen LogP contribution is 2.20. The number of rotatable bonds is 14. The quantitative estimate of drug-likeness (QED) is 0.359. The molecule has 0 unspecified atom stereocenters. The summed E-state index contributed by atoms with van der Waals surface area (Å²) >= 11 is 0. The summed E-state index contributed by atoms with van der Waals surface area (Å²) < 4.78 is 27.7. The number of anilines is 2. The zero-order valence-corrected chi connectivity index (χ0v) is 21.3. The lowest BCUT2D eigenvalue weighted by atomic mass is 10.1. The molecule has 186 valence electrons. The Kier molecular flexibility index (Phi) is 11.2. The minimum atomic E-state index is -3.58. The largest absolute Gasteiger partial charge is 0.326 e. The van der Waals surface area contributed by atoms with Gasteiger partial charge in [0.2, 0.25) is 15.9 Å². The summed E-state index contributed by atoms with van der Waals surface area (Å²) in [5.41, 5.74) is 1.59. The Morgan fingerprint density at radius 2 is 1.24 bits per heavy atom. The summed E-state index contributed by atoms with van der Waals surface area (Å²) in [5.74, 6) is -0.357. The van der Waals surface area contributed by atoms with Crippen LogP contribution in [0.25, 0.3) is 0 Å². The molecule has 2 N–H and O–H groups in total. The summed E-state index contributed by atoms with van der Waals surface area (Å²) in [6.07, 6.45) is 5.75. The lowest BCUT2D eigenvalue weighted by Gasteiger charge is -2.22. The van der Waals surface area contributed by atoms with Crippen LogP contribution in [-0.2, 0) is 14.8 Å². The van der Waals surface area contributed by atoms with Crippen molar-refractivity contribution in [2.24, 2.45) is 0 Å². The monoisotopic (exact) mass is 487 g/mol. The first-order valence-electron chi connectivity index (χ1n) is 12.1. The fourth-order valence-electron chi connectivity index (χ4n) is 3.35. The van der Waals surface area contributed by atoms with Gasteiger partial charge in [0.15, 0.2) is 0 Å². The second-order valence-corrected chi connectivity index (χ2v) is 10.3. The zero-order chi connectivity index (χ0) is 25.0. The molecule has 2 rings (SSSR count). The van der Waals surface area contributed by atoms with Gasteiger partial charge in [0.25, 0.3) is 5.91 Å². The van der Waals surface area contributed by atoms with Crippen molar-refractivity contribution in [3.8, 4) is 0 Å². The fourth-order valence-corrected chi connectivity index (χ4v) is 4.87. The number of benzene rings is 2. The standard InChI is InChI=1S/C26H37N3O4S/c1-4-7-10-25(30)27-22-13-11-21(12-14-22)26(31)28-23-15-17-24(18-16-23)34(32,33)29(19-8-5-2)20-9-6-3/h11-18H,4-10,19-20H2,1-3H3,(H,27,30)(H,28,31). The van der Waals surface area contributed by atoms with Crippen LogP contribution < -0.4 is 10.6 Å². The van der Waals surface area contributed by atoms with Crippen molar-refractivity contribution in [1.82, 2.24) is 4.31 Å². The SMILES string of the molecule is CCCCC(=O)Nc1ccc(C(=O)Nc2ccc(S(=O)(=O)N(CCCC)CCCC)cc2)cc1. The number of unbranched alkanes of at least 4 members (excludes halogenated alkanes) is 3. The highest BCUT2D eigenvalue weighted by molar-refractivity contribution is 7.89. The number of hydrogen-bond acceptors (Lipinski definition) is 4. The predicted molar refractivity (Wildman–Crippen MR) is 138 cm³/mol. The van der Waals surface area contributed by atoms with E-state index in [0.29, 0.717) is 36.4 Å². The molecule has 8 heteroatoms. The molecule has 0 aromatic heterocycles. The van der Waals surface area contributed by atoms with Gasteiger partial charge in [-0.3, -0.25) is 9.59 Å². The van der Waals surface area contributed by atoms with Gasteiger partial charge in [-0.1, -0.05) is 40.0 Å². The van der Waals surface area contributed by atoms with Crippen molar-refractivity contribution in [2.75, 3.05) is 23.7 Å². The molecule has 34 heavy (non-hydrogen) atoms. The average Bonchev–Trinajstić information content (AvgIpc) is 2.83. The molecular formula is C26H37N3O4S. The molecule has 0 aliphatic carbocycles. The molecular weight excluding hydrogens is 450 g/mol. The molecule has 7 nitrogen and oxygen atoms in total. The van der Waals surface area contributed by atoms with Gasteiger partial charge in [-0.2, -0.15) is 4.31 Å². The summed E-state index contributed by atoms with van der Waals surface area (Å²) in [5, 5.41) is 5.60. The minimum absolute atomic E-state index is 0.0444. The van der Waals surface area contributed by atoms with Crippen LogP contribution in [0.2, 0.25) is 0 Å². The van der Waals surface area contributed by atoms with Crippen molar-refractivity contribution in [3.63, 3.8) is 0 Å². The van der Waals surface area contributed by atoms with Gasteiger partial charge in [-0.05, 0) is 67.8 Å². The van der Waals surface area contributed by atoms with Gasteiger partial charge >= 0.3 is 0 Å². The van der Waals surface area contributed by atoms with E-state index in [1.807, 2.05) is 20.8 Å². The van der Waals surface area contributed by atoms with Crippen molar-refractivity contribution >= 4 is 33.2 Å². The van der Waals surface area contributed by atoms with Crippen LogP contribution in [0.15, 0.2) is 53.4 Å². The fraction of sp³-hybridized carbons (Fsp3) is 0.462. The molecule has 0 atom stereocenters. The topological polar surface area (TPSA) is 95.6 Å². The summed E-state index contributed by atoms with van der Waals surface area (Å²) in [6.45, 7) is 7.13. The van der Waals surface area contributed by atoms with Crippen LogP contribution in [-0.4, -0.2) is 37.6 Å². The van der Waals surface area contributed by atoms with Crippen LogP contribution in [0.4, 0.5) is 11.4 Å². The molecule has 2 amide bonds. The molecule has 0 aliphatic rings. The molecule has 0 aliphatic heterocycles. The Balaban J connectivity index is 2.03. The Morgan fingerprint density at radius 3 is 1.76 bits per heavy atom. The molecule has 2 aromatic rings. The second kappa shape index (κ2) is 13.9. The molecule has 0 saturated carbocycles. The van der Waals surface area contributed by atoms with Crippen molar-refractivity contribution in [1.29, 1.82) is 0 Å². The highest BCUT2D eigenvalue weighted by atomic mass is 32.2. The van der Waals surface area contributed by atoms with E-state index in [1.54, 1.807) is 40.7 Å². The Labute approximate surface area is 204 Å². The Morgan fingerprint density at radius 1 is 0.735 bits per heavy atom. The summed E-state index contributed by atoms with van der Waals surface area (Å²) in [7, 11) is -3.58. The first-order chi connectivity index (χ1) is 16.3. The molecule has 0 spiro atoms. The summed E-state index contributed by atoms with van der Waals surface area (Å²) in [4.78, 5) is 24.7. The number of carbonyl (C=O) groups excluding carboxylic acids is 2. The van der Waals surface area contributed by atoms with Gasteiger partial charge in [0.1, 0.15) is 0 Å². The van der Waals surface area contributed by atoms with Crippen molar-refractivity contribution in [3.05, 3.63) is 54.1 Å². The van der Waals surface area contributed by atoms with E-state index < -0.39 is 10.0 Å². The molecule has 2 aromatic carbocycles. The third-order valence-corrected chi connectivity index (χ3v) is 7.37. The van der Waals surface area contributed by atoms with Crippen LogP contribution >= 0.6 is 0 Å². The lowest BCUT2D eigenvalue weighted by Crippen LogP contribution is -2.33. The van der Waals surface area contributed by atoms with Crippen LogP contribution in [0.3, 0.4) is 0 Å². The van der Waals surface area contributed by atoms with E-state index in [1.165, 1.54) is 12.1 Å². The summed E-state index contributed by atoms with van der Waals surface area (Å²) in [6, 6.07) is 12.9. The first-order valence-corrected chi connectivity index (χ1v) is 13.6. The molecule has 0 radical (unpaired) electrons. The van der Waals surface area contributed by atoms with Crippen LogP contribution in [0, 0.1) is 0 Å². The van der Waals surface area contributed by atoms with E-state index in [2.05, 4.69) is 10.6 Å². The zero-order valence-electron chi connectivity index (χ0n) is 20.5. The smallest absolute Gasteiger partial charge is 0.255 e. The van der Waals surface area contributed by atoms with E-state index in [0.717, 1.165) is 38.5 Å². The Bertz CT molecular complexity index is 1010. The van der Waals surface area contributed by atoms with Gasteiger partial charge in [0, 0.05) is 36.4 Å². The normalized spacial score (nSPS) is 11.4.